The van der Waals surface area contributed by atoms with E-state index in [2.05, 4.69) is 25.2 Å². The van der Waals surface area contributed by atoms with Gasteiger partial charge in [0.1, 0.15) is 0 Å². The van der Waals surface area contributed by atoms with Crippen LogP contribution >= 0.6 is 0 Å². The van der Waals surface area contributed by atoms with Crippen LogP contribution < -0.4 is 10.2 Å². The van der Waals surface area contributed by atoms with Crippen molar-refractivity contribution in [2.75, 3.05) is 31.1 Å². The van der Waals surface area contributed by atoms with Crippen LogP contribution in [0.1, 0.15) is 5.69 Å². The lowest BCUT2D eigenvalue weighted by Gasteiger charge is -2.27. The number of aromatic nitrogens is 3. The van der Waals surface area contributed by atoms with Crippen LogP contribution in [0.2, 0.25) is 0 Å². The molecule has 0 aromatic carbocycles. The fourth-order valence-electron chi connectivity index (χ4n) is 1.89. The molecule has 3 rings (SSSR count). The highest BCUT2D eigenvalue weighted by molar-refractivity contribution is 5.71. The maximum Gasteiger partial charge on any atom is 0.227 e. The van der Waals surface area contributed by atoms with Gasteiger partial charge in [0, 0.05) is 26.2 Å². The van der Waals surface area contributed by atoms with Crippen LogP contribution in [0.5, 0.6) is 0 Å². The minimum absolute atomic E-state index is 0.640. The monoisotopic (exact) mass is 219 g/mol. The Bertz CT molecular complexity index is 503. The van der Waals surface area contributed by atoms with Gasteiger partial charge in [-0.2, -0.15) is 9.97 Å². The number of aryl methyl sites for hydroxylation is 1. The van der Waals surface area contributed by atoms with Crippen LogP contribution in [0, 0.1) is 6.92 Å². The Morgan fingerprint density at radius 3 is 2.94 bits per heavy atom. The summed E-state index contributed by atoms with van der Waals surface area (Å²) in [4.78, 5) is 15.1. The van der Waals surface area contributed by atoms with Gasteiger partial charge in [0.25, 0.3) is 0 Å². The smallest absolute Gasteiger partial charge is 0.227 e. The molecule has 0 unspecified atom stereocenters. The SMILES string of the molecule is Cc1nc(N2CCNCC2)nc2ncoc12. The Hall–Kier alpha value is -1.69. The van der Waals surface area contributed by atoms with Crippen LogP contribution in [0.25, 0.3) is 11.2 Å². The molecule has 0 saturated carbocycles. The van der Waals surface area contributed by atoms with Crippen molar-refractivity contribution in [1.82, 2.24) is 20.3 Å². The number of rotatable bonds is 1. The quantitative estimate of drug-likeness (QED) is 0.745. The second kappa shape index (κ2) is 3.71. The molecule has 0 spiro atoms. The zero-order valence-electron chi connectivity index (χ0n) is 9.10. The highest BCUT2D eigenvalue weighted by atomic mass is 16.3. The van der Waals surface area contributed by atoms with E-state index in [0.717, 1.165) is 37.8 Å². The second-order valence-corrected chi connectivity index (χ2v) is 3.85. The number of nitrogens with one attached hydrogen (secondary N) is 1. The van der Waals surface area contributed by atoms with Gasteiger partial charge in [-0.05, 0) is 6.92 Å². The molecule has 16 heavy (non-hydrogen) atoms. The van der Waals surface area contributed by atoms with Gasteiger partial charge in [-0.1, -0.05) is 0 Å². The maximum absolute atomic E-state index is 5.22. The zero-order chi connectivity index (χ0) is 11.0. The molecule has 0 atom stereocenters. The normalized spacial score (nSPS) is 16.9. The van der Waals surface area contributed by atoms with Crippen molar-refractivity contribution >= 4 is 17.2 Å². The molecule has 2 aromatic rings. The minimum atomic E-state index is 0.640. The molecule has 0 aliphatic carbocycles. The predicted molar refractivity (Wildman–Crippen MR) is 59.4 cm³/mol. The van der Waals surface area contributed by atoms with Crippen molar-refractivity contribution in [3.05, 3.63) is 12.1 Å². The van der Waals surface area contributed by atoms with E-state index < -0.39 is 0 Å². The largest absolute Gasteiger partial charge is 0.440 e. The van der Waals surface area contributed by atoms with Crippen molar-refractivity contribution in [1.29, 1.82) is 0 Å². The lowest BCUT2D eigenvalue weighted by Crippen LogP contribution is -2.44. The summed E-state index contributed by atoms with van der Waals surface area (Å²) in [6, 6.07) is 0. The molecule has 1 saturated heterocycles. The molecule has 1 aliphatic rings. The third-order valence-electron chi connectivity index (χ3n) is 2.75. The third kappa shape index (κ3) is 1.51. The summed E-state index contributed by atoms with van der Waals surface area (Å²) in [7, 11) is 0. The summed E-state index contributed by atoms with van der Waals surface area (Å²) in [5.74, 6) is 0.750. The molecule has 2 aromatic heterocycles. The standard InChI is InChI=1S/C10H13N5O/c1-7-8-9(12-6-16-8)14-10(13-7)15-4-2-11-3-5-15/h6,11H,2-5H2,1H3. The summed E-state index contributed by atoms with van der Waals surface area (Å²) in [6.07, 6.45) is 1.41. The second-order valence-electron chi connectivity index (χ2n) is 3.85. The summed E-state index contributed by atoms with van der Waals surface area (Å²) < 4.78 is 5.22. The Balaban J connectivity index is 2.02. The Labute approximate surface area is 92.7 Å². The summed E-state index contributed by atoms with van der Waals surface area (Å²) >= 11 is 0. The van der Waals surface area contributed by atoms with E-state index in [1.807, 2.05) is 6.92 Å². The van der Waals surface area contributed by atoms with Gasteiger partial charge in [-0.3, -0.25) is 0 Å². The molecule has 0 radical (unpaired) electrons. The van der Waals surface area contributed by atoms with Crippen molar-refractivity contribution in [2.24, 2.45) is 0 Å². The molecule has 1 fully saturated rings. The van der Waals surface area contributed by atoms with E-state index in [4.69, 9.17) is 4.42 Å². The Morgan fingerprint density at radius 1 is 1.31 bits per heavy atom. The first-order valence-corrected chi connectivity index (χ1v) is 5.38. The van der Waals surface area contributed by atoms with Crippen LogP contribution in [-0.4, -0.2) is 41.1 Å². The molecule has 6 heteroatoms. The number of nitrogens with zero attached hydrogens (tertiary/aromatic N) is 4. The fraction of sp³-hybridized carbons (Fsp3) is 0.500. The molecule has 84 valence electrons. The molecular weight excluding hydrogens is 206 g/mol. The fourth-order valence-corrected chi connectivity index (χ4v) is 1.89. The van der Waals surface area contributed by atoms with Gasteiger partial charge in [0.15, 0.2) is 12.0 Å². The number of piperazine rings is 1. The van der Waals surface area contributed by atoms with Gasteiger partial charge in [-0.15, -0.1) is 0 Å². The van der Waals surface area contributed by atoms with Crippen LogP contribution in [0.15, 0.2) is 10.8 Å². The predicted octanol–water partition coefficient (Wildman–Crippen LogP) is 0.336. The van der Waals surface area contributed by atoms with Crippen molar-refractivity contribution in [2.45, 2.75) is 6.92 Å². The van der Waals surface area contributed by atoms with Gasteiger partial charge in [0.2, 0.25) is 11.6 Å². The van der Waals surface area contributed by atoms with Crippen molar-refractivity contribution < 1.29 is 4.42 Å². The van der Waals surface area contributed by atoms with Crippen LogP contribution in [-0.2, 0) is 0 Å². The topological polar surface area (TPSA) is 67.1 Å². The van der Waals surface area contributed by atoms with E-state index in [9.17, 15) is 0 Å². The van der Waals surface area contributed by atoms with E-state index in [1.54, 1.807) is 0 Å². The zero-order valence-corrected chi connectivity index (χ0v) is 9.10. The first kappa shape index (κ1) is 9.53. The Morgan fingerprint density at radius 2 is 2.12 bits per heavy atom. The van der Waals surface area contributed by atoms with Gasteiger partial charge in [-0.25, -0.2) is 4.98 Å². The summed E-state index contributed by atoms with van der Waals surface area (Å²) in [5, 5.41) is 3.30. The lowest BCUT2D eigenvalue weighted by atomic mass is 10.3. The van der Waals surface area contributed by atoms with E-state index in [0.29, 0.717) is 11.2 Å². The molecular formula is C10H13N5O. The van der Waals surface area contributed by atoms with Crippen LogP contribution in [0.4, 0.5) is 5.95 Å². The highest BCUT2D eigenvalue weighted by Crippen LogP contribution is 2.17. The minimum Gasteiger partial charge on any atom is -0.440 e. The first-order valence-electron chi connectivity index (χ1n) is 5.38. The molecule has 0 amide bonds. The van der Waals surface area contributed by atoms with Gasteiger partial charge >= 0.3 is 0 Å². The number of hydrogen-bond acceptors (Lipinski definition) is 6. The average Bonchev–Trinajstić information content (AvgIpc) is 2.79. The van der Waals surface area contributed by atoms with Gasteiger partial charge in [0.05, 0.1) is 5.69 Å². The number of fused-ring (bicyclic) bond motifs is 1. The first-order chi connectivity index (χ1) is 7.84. The maximum atomic E-state index is 5.22. The summed E-state index contributed by atoms with van der Waals surface area (Å²) in [6.45, 7) is 5.73. The average molecular weight is 219 g/mol. The summed E-state index contributed by atoms with van der Waals surface area (Å²) in [5.41, 5.74) is 2.16. The number of anilines is 1. The molecule has 3 heterocycles. The highest BCUT2D eigenvalue weighted by Gasteiger charge is 2.16. The van der Waals surface area contributed by atoms with Crippen LogP contribution in [0.3, 0.4) is 0 Å². The molecule has 6 nitrogen and oxygen atoms in total. The third-order valence-corrected chi connectivity index (χ3v) is 2.75. The van der Waals surface area contributed by atoms with E-state index in [-0.39, 0.29) is 0 Å². The van der Waals surface area contributed by atoms with E-state index >= 15 is 0 Å². The van der Waals surface area contributed by atoms with Gasteiger partial charge < -0.3 is 14.6 Å². The van der Waals surface area contributed by atoms with Crippen molar-refractivity contribution in [3.63, 3.8) is 0 Å². The molecule has 0 bridgehead atoms. The van der Waals surface area contributed by atoms with Crippen molar-refractivity contribution in [3.8, 4) is 0 Å². The number of oxazole rings is 1. The number of hydrogen-bond donors (Lipinski definition) is 1. The molecule has 1 N–H and O–H groups in total. The molecule has 1 aliphatic heterocycles. The lowest BCUT2D eigenvalue weighted by molar-refractivity contribution is 0.577. The Kier molecular flexibility index (Phi) is 2.21. The van der Waals surface area contributed by atoms with E-state index in [1.165, 1.54) is 6.39 Å².